The summed E-state index contributed by atoms with van der Waals surface area (Å²) < 4.78 is 14.6. The van der Waals surface area contributed by atoms with Gasteiger partial charge >= 0.3 is 0 Å². The topological polar surface area (TPSA) is 95.6 Å². The van der Waals surface area contributed by atoms with Crippen LogP contribution in [-0.2, 0) is 13.0 Å². The van der Waals surface area contributed by atoms with Gasteiger partial charge in [0.05, 0.1) is 6.34 Å². The van der Waals surface area contributed by atoms with Gasteiger partial charge in [0.15, 0.2) is 0 Å². The maximum atomic E-state index is 14.6. The fourth-order valence-corrected chi connectivity index (χ4v) is 4.14. The number of rotatable bonds is 5. The van der Waals surface area contributed by atoms with E-state index in [0.29, 0.717) is 36.6 Å². The van der Waals surface area contributed by atoms with Crippen molar-refractivity contribution in [1.29, 1.82) is 16.2 Å². The number of nitrogens with one attached hydrogen (secondary N) is 5. The molecule has 2 aliphatic rings. The minimum Gasteiger partial charge on any atom is -0.366 e. The second-order valence-electron chi connectivity index (χ2n) is 7.58. The van der Waals surface area contributed by atoms with Crippen LogP contribution in [0.1, 0.15) is 61.6 Å². The molecule has 0 saturated carbocycles. The molecule has 0 fully saturated rings. The maximum absolute atomic E-state index is 14.6. The van der Waals surface area contributed by atoms with Gasteiger partial charge < -0.3 is 16.0 Å². The third kappa shape index (κ3) is 4.55. The van der Waals surface area contributed by atoms with Gasteiger partial charge in [-0.2, -0.15) is 0 Å². The molecular weight excluding hydrogens is 353 g/mol. The van der Waals surface area contributed by atoms with Crippen LogP contribution in [0, 0.1) is 22.0 Å². The molecular formula is C22H28FN5. The first-order valence-electron chi connectivity index (χ1n) is 9.81. The Morgan fingerprint density at radius 2 is 2.11 bits per heavy atom. The van der Waals surface area contributed by atoms with Gasteiger partial charge in [0.2, 0.25) is 0 Å². The van der Waals surface area contributed by atoms with Crippen LogP contribution in [0.3, 0.4) is 0 Å². The van der Waals surface area contributed by atoms with Crippen LogP contribution in [0.15, 0.2) is 35.6 Å². The Kier molecular flexibility index (Phi) is 6.39. The van der Waals surface area contributed by atoms with Gasteiger partial charge in [-0.3, -0.25) is 10.8 Å². The van der Waals surface area contributed by atoms with Crippen LogP contribution in [0.5, 0.6) is 0 Å². The van der Waals surface area contributed by atoms with Gasteiger partial charge in [0, 0.05) is 24.0 Å². The summed E-state index contributed by atoms with van der Waals surface area (Å²) in [5.74, 6) is 0.390. The molecule has 1 heterocycles. The molecule has 1 unspecified atom stereocenters. The van der Waals surface area contributed by atoms with Crippen molar-refractivity contribution in [3.05, 3.63) is 58.1 Å². The van der Waals surface area contributed by atoms with Crippen LogP contribution in [-0.4, -0.2) is 17.9 Å². The molecule has 0 amide bonds. The molecule has 148 valence electrons. The second-order valence-corrected chi connectivity index (χ2v) is 7.58. The van der Waals surface area contributed by atoms with E-state index in [1.807, 2.05) is 12.1 Å². The zero-order valence-electron chi connectivity index (χ0n) is 16.3. The number of halogens is 1. The quantitative estimate of drug-likeness (QED) is 0.382. The van der Waals surface area contributed by atoms with E-state index in [2.05, 4.69) is 10.6 Å². The van der Waals surface area contributed by atoms with Crippen molar-refractivity contribution in [1.82, 2.24) is 10.6 Å². The Labute approximate surface area is 165 Å². The fraction of sp³-hybridized carbons (Fsp3) is 0.409. The van der Waals surface area contributed by atoms with E-state index < -0.39 is 0 Å². The number of hydrogen-bond acceptors (Lipinski definition) is 3. The SMILES string of the molecule is CC(=N)CC/C1=C/C(=C\NC=N)CCC2CCc3ccc(F)c(c32)CNC1=N. The van der Waals surface area contributed by atoms with E-state index in [9.17, 15) is 4.39 Å². The van der Waals surface area contributed by atoms with E-state index in [1.54, 1.807) is 19.2 Å². The molecule has 6 heteroatoms. The molecule has 1 aromatic rings. The smallest absolute Gasteiger partial charge is 0.128 e. The van der Waals surface area contributed by atoms with Crippen molar-refractivity contribution in [3.63, 3.8) is 0 Å². The fourth-order valence-electron chi connectivity index (χ4n) is 4.14. The highest BCUT2D eigenvalue weighted by atomic mass is 19.1. The highest BCUT2D eigenvalue weighted by Crippen LogP contribution is 2.40. The summed E-state index contributed by atoms with van der Waals surface area (Å²) >= 11 is 0. The third-order valence-electron chi connectivity index (χ3n) is 5.59. The molecule has 0 aromatic heterocycles. The lowest BCUT2D eigenvalue weighted by molar-refractivity contribution is 0.582. The van der Waals surface area contributed by atoms with Gasteiger partial charge in [0.1, 0.15) is 11.7 Å². The van der Waals surface area contributed by atoms with Gasteiger partial charge in [0.25, 0.3) is 0 Å². The van der Waals surface area contributed by atoms with Gasteiger partial charge in [-0.15, -0.1) is 0 Å². The largest absolute Gasteiger partial charge is 0.366 e. The van der Waals surface area contributed by atoms with E-state index >= 15 is 0 Å². The Hall–Kier alpha value is -2.76. The van der Waals surface area contributed by atoms with Gasteiger partial charge in [-0.1, -0.05) is 12.1 Å². The highest BCUT2D eigenvalue weighted by molar-refractivity contribution is 5.97. The number of aryl methyl sites for hydroxylation is 1. The zero-order chi connectivity index (χ0) is 20.1. The molecule has 5 nitrogen and oxygen atoms in total. The van der Waals surface area contributed by atoms with Crippen molar-refractivity contribution in [2.75, 3.05) is 0 Å². The molecule has 0 bridgehead atoms. The molecule has 0 spiro atoms. The number of benzene rings is 1. The summed E-state index contributed by atoms with van der Waals surface area (Å²) in [5, 5.41) is 29.4. The monoisotopic (exact) mass is 381 g/mol. The maximum Gasteiger partial charge on any atom is 0.128 e. The summed E-state index contributed by atoms with van der Waals surface area (Å²) in [7, 11) is 0. The van der Waals surface area contributed by atoms with Gasteiger partial charge in [-0.05, 0) is 79.7 Å². The number of amidine groups is 1. The van der Waals surface area contributed by atoms with Crippen molar-refractivity contribution < 1.29 is 4.39 Å². The summed E-state index contributed by atoms with van der Waals surface area (Å²) in [5.41, 5.74) is 5.43. The second kappa shape index (κ2) is 8.95. The molecule has 5 N–H and O–H groups in total. The predicted octanol–water partition coefficient (Wildman–Crippen LogP) is 4.54. The van der Waals surface area contributed by atoms with Crippen LogP contribution >= 0.6 is 0 Å². The summed E-state index contributed by atoms with van der Waals surface area (Å²) in [6.07, 6.45) is 9.79. The minimum atomic E-state index is -0.202. The van der Waals surface area contributed by atoms with E-state index in [4.69, 9.17) is 16.2 Å². The van der Waals surface area contributed by atoms with Crippen LogP contribution < -0.4 is 10.6 Å². The van der Waals surface area contributed by atoms with Crippen molar-refractivity contribution in [2.45, 2.75) is 57.9 Å². The third-order valence-corrected chi connectivity index (χ3v) is 5.59. The highest BCUT2D eigenvalue weighted by Gasteiger charge is 2.27. The first kappa shape index (κ1) is 20.0. The van der Waals surface area contributed by atoms with E-state index in [1.165, 1.54) is 5.56 Å². The van der Waals surface area contributed by atoms with Gasteiger partial charge in [-0.25, -0.2) is 4.39 Å². The standard InChI is InChI=1S/C22H28FN5/c1-14(25)2-4-18-10-15(11-27-13-24)3-5-16-6-7-17-8-9-20(23)19(21(16)17)12-28-22(18)26/h8-11,13,16,25H,2-7,12H2,1H3,(H2,24,27)(H2,26,28)/b15-11-,18-10-,25-14?. The molecule has 3 rings (SSSR count). The number of allylic oxidation sites excluding steroid dienone is 2. The first-order chi connectivity index (χ1) is 13.5. The number of hydrogen-bond donors (Lipinski definition) is 5. The Balaban J connectivity index is 1.97. The summed E-state index contributed by atoms with van der Waals surface area (Å²) in [4.78, 5) is 0. The molecule has 1 aliphatic heterocycles. The Morgan fingerprint density at radius 1 is 1.32 bits per heavy atom. The molecule has 1 aliphatic carbocycles. The van der Waals surface area contributed by atoms with Crippen LogP contribution in [0.4, 0.5) is 4.39 Å². The van der Waals surface area contributed by atoms with Crippen LogP contribution in [0.2, 0.25) is 0 Å². The normalized spacial score (nSPS) is 22.5. The van der Waals surface area contributed by atoms with Crippen LogP contribution in [0.25, 0.3) is 0 Å². The lowest BCUT2D eigenvalue weighted by Gasteiger charge is -2.17. The first-order valence-corrected chi connectivity index (χ1v) is 9.81. The van der Waals surface area contributed by atoms with Crippen molar-refractivity contribution in [3.8, 4) is 0 Å². The molecule has 1 atom stereocenters. The lowest BCUT2D eigenvalue weighted by Crippen LogP contribution is -2.25. The lowest BCUT2D eigenvalue weighted by atomic mass is 9.90. The molecule has 28 heavy (non-hydrogen) atoms. The average Bonchev–Trinajstić information content (AvgIpc) is 3.07. The average molecular weight is 381 g/mol. The van der Waals surface area contributed by atoms with E-state index in [0.717, 1.165) is 48.7 Å². The van der Waals surface area contributed by atoms with Crippen molar-refractivity contribution in [2.24, 2.45) is 0 Å². The predicted molar refractivity (Wildman–Crippen MR) is 112 cm³/mol. The molecule has 0 radical (unpaired) electrons. The zero-order valence-corrected chi connectivity index (χ0v) is 16.3. The molecule has 0 saturated heterocycles. The Morgan fingerprint density at radius 3 is 2.86 bits per heavy atom. The van der Waals surface area contributed by atoms with Crippen molar-refractivity contribution >= 4 is 17.9 Å². The minimum absolute atomic E-state index is 0.202. The summed E-state index contributed by atoms with van der Waals surface area (Å²) in [6, 6.07) is 3.46. The summed E-state index contributed by atoms with van der Waals surface area (Å²) in [6.45, 7) is 2.07. The Bertz CT molecular complexity index is 853. The molecule has 1 aromatic carbocycles. The van der Waals surface area contributed by atoms with E-state index in [-0.39, 0.29) is 11.7 Å².